The van der Waals surface area contributed by atoms with E-state index in [0.717, 1.165) is 30.1 Å². The molecule has 0 aromatic carbocycles. The van der Waals surface area contributed by atoms with Crippen molar-refractivity contribution in [3.8, 4) is 10.6 Å². The van der Waals surface area contributed by atoms with Crippen LogP contribution in [0.5, 0.6) is 0 Å². The number of hydrogen-bond donors (Lipinski definition) is 1. The van der Waals surface area contributed by atoms with Gasteiger partial charge in [-0.05, 0) is 13.0 Å². The molecule has 78 valence electrons. The highest BCUT2D eigenvalue weighted by Crippen LogP contribution is 2.26. The Labute approximate surface area is 91.1 Å². The molecule has 0 spiro atoms. The summed E-state index contributed by atoms with van der Waals surface area (Å²) in [6, 6.07) is 0.435. The fraction of sp³-hybridized carbons (Fsp3) is 0.444. The normalized spacial score (nSPS) is 20.9. The predicted molar refractivity (Wildman–Crippen MR) is 57.7 cm³/mol. The Balaban J connectivity index is 1.98. The van der Waals surface area contributed by atoms with Crippen LogP contribution in [0.2, 0.25) is 0 Å². The van der Waals surface area contributed by atoms with Crippen molar-refractivity contribution in [2.24, 2.45) is 0 Å². The lowest BCUT2D eigenvalue weighted by Crippen LogP contribution is -2.15. The van der Waals surface area contributed by atoms with Crippen LogP contribution >= 0.6 is 11.3 Å². The molecule has 3 rings (SSSR count). The van der Waals surface area contributed by atoms with E-state index < -0.39 is 0 Å². The molecule has 5 nitrogen and oxygen atoms in total. The Hall–Kier alpha value is -1.27. The Morgan fingerprint density at radius 1 is 1.47 bits per heavy atom. The van der Waals surface area contributed by atoms with E-state index in [0.29, 0.717) is 6.04 Å². The van der Waals surface area contributed by atoms with Crippen molar-refractivity contribution in [1.82, 2.24) is 25.3 Å². The van der Waals surface area contributed by atoms with Crippen molar-refractivity contribution in [3.05, 3.63) is 17.9 Å². The molecule has 1 aliphatic rings. The fourth-order valence-electron chi connectivity index (χ4n) is 1.88. The number of nitrogens with zero attached hydrogens (tertiary/aromatic N) is 4. The number of thiazole rings is 1. The van der Waals surface area contributed by atoms with Gasteiger partial charge < -0.3 is 5.32 Å². The third-order valence-electron chi connectivity index (χ3n) is 2.64. The number of rotatable bonds is 2. The van der Waals surface area contributed by atoms with Crippen LogP contribution in [0, 0.1) is 0 Å². The summed E-state index contributed by atoms with van der Waals surface area (Å²) < 4.78 is 2.01. The summed E-state index contributed by atoms with van der Waals surface area (Å²) >= 11 is 1.62. The van der Waals surface area contributed by atoms with E-state index in [1.165, 1.54) is 0 Å². The Kier molecular flexibility index (Phi) is 2.22. The van der Waals surface area contributed by atoms with Crippen LogP contribution in [0.3, 0.4) is 0 Å². The summed E-state index contributed by atoms with van der Waals surface area (Å²) in [5.41, 5.74) is 2.91. The minimum atomic E-state index is 0.435. The highest BCUT2D eigenvalue weighted by Gasteiger charge is 2.20. The van der Waals surface area contributed by atoms with Crippen molar-refractivity contribution in [1.29, 1.82) is 0 Å². The zero-order valence-corrected chi connectivity index (χ0v) is 8.94. The first kappa shape index (κ1) is 8.99. The highest BCUT2D eigenvalue weighted by atomic mass is 32.1. The van der Waals surface area contributed by atoms with Crippen LogP contribution in [-0.4, -0.2) is 33.1 Å². The third-order valence-corrected chi connectivity index (χ3v) is 3.44. The zero-order chi connectivity index (χ0) is 10.1. The maximum atomic E-state index is 4.16. The second-order valence-electron chi connectivity index (χ2n) is 3.58. The quantitative estimate of drug-likeness (QED) is 0.820. The molecule has 1 saturated heterocycles. The van der Waals surface area contributed by atoms with Gasteiger partial charge in [-0.2, -0.15) is 0 Å². The second-order valence-corrected chi connectivity index (χ2v) is 4.46. The Morgan fingerprint density at radius 2 is 2.47 bits per heavy atom. The van der Waals surface area contributed by atoms with Crippen molar-refractivity contribution >= 4 is 11.3 Å². The number of hydrogen-bond acceptors (Lipinski definition) is 5. The molecular weight excluding hydrogens is 210 g/mol. The fourth-order valence-corrected chi connectivity index (χ4v) is 2.50. The van der Waals surface area contributed by atoms with E-state index in [9.17, 15) is 0 Å². The smallest absolute Gasteiger partial charge is 0.100 e. The molecule has 1 atom stereocenters. The average molecular weight is 221 g/mol. The lowest BCUT2D eigenvalue weighted by Gasteiger charge is -2.10. The molecule has 0 saturated carbocycles. The van der Waals surface area contributed by atoms with E-state index in [4.69, 9.17) is 0 Å². The van der Waals surface area contributed by atoms with Crippen LogP contribution in [0.15, 0.2) is 17.9 Å². The molecule has 0 aliphatic carbocycles. The molecule has 0 radical (unpaired) electrons. The molecule has 1 fully saturated rings. The summed E-state index contributed by atoms with van der Waals surface area (Å²) in [7, 11) is 0. The molecule has 0 amide bonds. The monoisotopic (exact) mass is 221 g/mol. The van der Waals surface area contributed by atoms with E-state index in [-0.39, 0.29) is 0 Å². The molecule has 15 heavy (non-hydrogen) atoms. The topological polar surface area (TPSA) is 55.6 Å². The first-order valence-electron chi connectivity index (χ1n) is 4.95. The molecule has 6 heteroatoms. The van der Waals surface area contributed by atoms with Gasteiger partial charge in [0.2, 0.25) is 0 Å². The molecule has 2 aromatic heterocycles. The first-order valence-corrected chi connectivity index (χ1v) is 5.83. The number of nitrogens with one attached hydrogen (secondary N) is 1. The van der Waals surface area contributed by atoms with Gasteiger partial charge in [0.25, 0.3) is 0 Å². The van der Waals surface area contributed by atoms with E-state index in [1.807, 2.05) is 22.6 Å². The maximum absolute atomic E-state index is 4.16. The molecule has 2 aromatic rings. The maximum Gasteiger partial charge on any atom is 0.100 e. The average Bonchev–Trinajstić information content (AvgIpc) is 3.01. The van der Waals surface area contributed by atoms with Crippen LogP contribution in [-0.2, 0) is 0 Å². The third kappa shape index (κ3) is 1.55. The van der Waals surface area contributed by atoms with Crippen molar-refractivity contribution in [2.45, 2.75) is 12.5 Å². The molecule has 1 aliphatic heterocycles. The Morgan fingerprint density at radius 3 is 3.20 bits per heavy atom. The van der Waals surface area contributed by atoms with Gasteiger partial charge in [-0.15, -0.1) is 16.4 Å². The molecule has 3 heterocycles. The first-order chi connectivity index (χ1) is 7.45. The molecule has 1 unspecified atom stereocenters. The van der Waals surface area contributed by atoms with E-state index in [2.05, 4.69) is 20.6 Å². The van der Waals surface area contributed by atoms with E-state index in [1.54, 1.807) is 11.3 Å². The lowest BCUT2D eigenvalue weighted by molar-refractivity contribution is 0.481. The van der Waals surface area contributed by atoms with E-state index >= 15 is 0 Å². The van der Waals surface area contributed by atoms with Crippen molar-refractivity contribution in [3.63, 3.8) is 0 Å². The highest BCUT2D eigenvalue weighted by molar-refractivity contribution is 7.13. The minimum absolute atomic E-state index is 0.435. The second kappa shape index (κ2) is 3.71. The van der Waals surface area contributed by atoms with Gasteiger partial charge in [0.05, 0.1) is 22.6 Å². The molecule has 1 N–H and O–H groups in total. The van der Waals surface area contributed by atoms with Gasteiger partial charge in [0.15, 0.2) is 0 Å². The van der Waals surface area contributed by atoms with Crippen molar-refractivity contribution < 1.29 is 0 Å². The standard InChI is InChI=1S/C9H11N5S/c1-2-10-3-7(1)14-8(4-12-13-14)9-5-11-6-15-9/h4-7,10H,1-3H2. The van der Waals surface area contributed by atoms with Gasteiger partial charge >= 0.3 is 0 Å². The summed E-state index contributed by atoms with van der Waals surface area (Å²) in [5.74, 6) is 0. The SMILES string of the molecule is c1ncc(-c2cnnn2C2CCNC2)s1. The largest absolute Gasteiger partial charge is 0.315 e. The lowest BCUT2D eigenvalue weighted by atomic mass is 10.2. The summed E-state index contributed by atoms with van der Waals surface area (Å²) in [6.45, 7) is 2.04. The van der Waals surface area contributed by atoms with Gasteiger partial charge in [0.1, 0.15) is 5.69 Å². The summed E-state index contributed by atoms with van der Waals surface area (Å²) in [6.07, 6.45) is 4.79. The molecule has 0 bridgehead atoms. The molecular formula is C9H11N5S. The Bertz CT molecular complexity index is 429. The van der Waals surface area contributed by atoms with Gasteiger partial charge in [0, 0.05) is 12.7 Å². The van der Waals surface area contributed by atoms with Gasteiger partial charge in [-0.1, -0.05) is 5.21 Å². The minimum Gasteiger partial charge on any atom is -0.315 e. The summed E-state index contributed by atoms with van der Waals surface area (Å²) in [4.78, 5) is 5.21. The van der Waals surface area contributed by atoms with Crippen LogP contribution in [0.4, 0.5) is 0 Å². The van der Waals surface area contributed by atoms with Gasteiger partial charge in [-0.25, -0.2) is 4.68 Å². The van der Waals surface area contributed by atoms with Crippen molar-refractivity contribution in [2.75, 3.05) is 13.1 Å². The van der Waals surface area contributed by atoms with Gasteiger partial charge in [-0.3, -0.25) is 4.98 Å². The van der Waals surface area contributed by atoms with Crippen LogP contribution in [0.25, 0.3) is 10.6 Å². The van der Waals surface area contributed by atoms with Crippen LogP contribution < -0.4 is 5.32 Å². The van der Waals surface area contributed by atoms with Crippen LogP contribution in [0.1, 0.15) is 12.5 Å². The zero-order valence-electron chi connectivity index (χ0n) is 8.13. The summed E-state index contributed by atoms with van der Waals surface area (Å²) in [5, 5.41) is 11.5. The number of aromatic nitrogens is 4. The predicted octanol–water partition coefficient (Wildman–Crippen LogP) is 0.936.